The summed E-state index contributed by atoms with van der Waals surface area (Å²) in [5, 5.41) is 11.3. The second-order valence-corrected chi connectivity index (χ2v) is 4.32. The third-order valence-corrected chi connectivity index (χ3v) is 2.65. The lowest BCUT2D eigenvalue weighted by Crippen LogP contribution is -2.28. The van der Waals surface area contributed by atoms with Crippen molar-refractivity contribution < 1.29 is 19.5 Å². The van der Waals surface area contributed by atoms with Gasteiger partial charge in [-0.05, 0) is 31.3 Å². The third kappa shape index (κ3) is 4.64. The number of hydrogen-bond acceptors (Lipinski definition) is 4. The van der Waals surface area contributed by atoms with E-state index in [1.807, 2.05) is 0 Å². The molecule has 6 heteroatoms. The molecule has 1 unspecified atom stereocenters. The summed E-state index contributed by atoms with van der Waals surface area (Å²) in [4.78, 5) is 36.8. The maximum Gasteiger partial charge on any atom is 0.328 e. The second kappa shape index (κ2) is 7.18. The smallest absolute Gasteiger partial charge is 0.328 e. The molecule has 2 N–H and O–H groups in total. The minimum Gasteiger partial charge on any atom is -0.480 e. The van der Waals surface area contributed by atoms with Crippen molar-refractivity contribution in [3.8, 4) is 0 Å². The van der Waals surface area contributed by atoms with Crippen LogP contribution in [0.15, 0.2) is 29.3 Å². The summed E-state index contributed by atoms with van der Waals surface area (Å²) in [5.74, 6) is -1.51. The molecule has 0 heterocycles. The van der Waals surface area contributed by atoms with Crippen molar-refractivity contribution in [3.05, 3.63) is 35.4 Å². The van der Waals surface area contributed by atoms with E-state index in [1.54, 1.807) is 24.3 Å². The molecule has 1 atom stereocenters. The molecule has 0 bridgehead atoms. The number of carbonyl (C=O) groups is 3. The number of aliphatic imine (C=N–C) groups is 1. The molecular formula is C14H16N2O4. The van der Waals surface area contributed by atoms with Crippen LogP contribution >= 0.6 is 0 Å². The van der Waals surface area contributed by atoms with Crippen LogP contribution in [-0.2, 0) is 16.0 Å². The zero-order valence-corrected chi connectivity index (χ0v) is 11.1. The van der Waals surface area contributed by atoms with Crippen molar-refractivity contribution in [2.45, 2.75) is 19.4 Å². The average Bonchev–Trinajstić information content (AvgIpc) is 2.42. The van der Waals surface area contributed by atoms with Gasteiger partial charge in [-0.1, -0.05) is 12.1 Å². The number of carboxylic acids is 1. The fourth-order valence-corrected chi connectivity index (χ4v) is 1.55. The topological polar surface area (TPSA) is 95.8 Å². The number of carboxylic acid groups (broad SMARTS) is 1. The Morgan fingerprint density at radius 1 is 1.30 bits per heavy atom. The van der Waals surface area contributed by atoms with E-state index in [-0.39, 0.29) is 24.7 Å². The van der Waals surface area contributed by atoms with Crippen molar-refractivity contribution >= 4 is 24.4 Å². The summed E-state index contributed by atoms with van der Waals surface area (Å²) < 4.78 is 0. The first-order valence-electron chi connectivity index (χ1n) is 5.99. The molecule has 0 spiro atoms. The van der Waals surface area contributed by atoms with Crippen LogP contribution in [0.25, 0.3) is 0 Å². The lowest BCUT2D eigenvalue weighted by molar-refractivity contribution is -0.138. The average molecular weight is 276 g/mol. The lowest BCUT2D eigenvalue weighted by Gasteiger charge is -2.08. The Labute approximate surface area is 116 Å². The number of hydrogen-bond donors (Lipinski definition) is 2. The fourth-order valence-electron chi connectivity index (χ4n) is 1.55. The highest BCUT2D eigenvalue weighted by atomic mass is 16.4. The molecule has 1 amide bonds. The van der Waals surface area contributed by atoms with Crippen LogP contribution in [0.1, 0.15) is 22.8 Å². The normalized spacial score (nSPS) is 11.4. The molecule has 0 aromatic heterocycles. The van der Waals surface area contributed by atoms with E-state index in [1.165, 1.54) is 6.92 Å². The summed E-state index contributed by atoms with van der Waals surface area (Å²) >= 11 is 0. The van der Waals surface area contributed by atoms with Gasteiger partial charge in [0.2, 0.25) is 0 Å². The maximum absolute atomic E-state index is 11.7. The van der Waals surface area contributed by atoms with Crippen LogP contribution in [0.5, 0.6) is 0 Å². The highest BCUT2D eigenvalue weighted by molar-refractivity contribution is 5.96. The molecule has 0 aliphatic carbocycles. The van der Waals surface area contributed by atoms with Gasteiger partial charge < -0.3 is 10.4 Å². The zero-order valence-electron chi connectivity index (χ0n) is 11.1. The molecule has 0 aliphatic heterocycles. The van der Waals surface area contributed by atoms with Crippen molar-refractivity contribution in [2.24, 2.45) is 4.99 Å². The Bertz CT molecular complexity index is 522. The van der Waals surface area contributed by atoms with Gasteiger partial charge in [-0.2, -0.15) is 0 Å². The van der Waals surface area contributed by atoms with Gasteiger partial charge in [0.15, 0.2) is 6.04 Å². The van der Waals surface area contributed by atoms with Gasteiger partial charge in [0, 0.05) is 12.0 Å². The molecule has 6 nitrogen and oxygen atoms in total. The molecule has 1 aromatic carbocycles. The first-order chi connectivity index (χ1) is 9.43. The van der Waals surface area contributed by atoms with E-state index in [9.17, 15) is 14.4 Å². The number of Topliss-reactive ketones (excluding diaryl/α,β-unsaturated/α-hetero) is 1. The number of nitrogens with one attached hydrogen (secondary N) is 1. The third-order valence-electron chi connectivity index (χ3n) is 2.65. The first-order valence-corrected chi connectivity index (χ1v) is 5.99. The van der Waals surface area contributed by atoms with E-state index >= 15 is 0 Å². The van der Waals surface area contributed by atoms with Crippen molar-refractivity contribution in [1.82, 2.24) is 5.32 Å². The van der Waals surface area contributed by atoms with Gasteiger partial charge >= 0.3 is 5.97 Å². The molecule has 0 saturated heterocycles. The minimum atomic E-state index is -1.04. The number of rotatable bonds is 7. The number of amides is 1. The molecular weight excluding hydrogens is 260 g/mol. The van der Waals surface area contributed by atoms with Crippen molar-refractivity contribution in [2.75, 3.05) is 6.54 Å². The molecule has 106 valence electrons. The monoisotopic (exact) mass is 276 g/mol. The SMILES string of the molecule is C=NC(Cc1ccc(C(=O)NCC(C)=O)cc1)C(=O)O. The molecule has 20 heavy (non-hydrogen) atoms. The summed E-state index contributed by atoms with van der Waals surface area (Å²) in [6.45, 7) is 4.61. The largest absolute Gasteiger partial charge is 0.480 e. The van der Waals surface area contributed by atoms with Crippen LogP contribution < -0.4 is 5.32 Å². The Morgan fingerprint density at radius 3 is 2.35 bits per heavy atom. The summed E-state index contributed by atoms with van der Waals surface area (Å²) in [7, 11) is 0. The Morgan fingerprint density at radius 2 is 1.90 bits per heavy atom. The quantitative estimate of drug-likeness (QED) is 0.716. The fraction of sp³-hybridized carbons (Fsp3) is 0.286. The van der Waals surface area contributed by atoms with Crippen LogP contribution in [0.3, 0.4) is 0 Å². The minimum absolute atomic E-state index is 0.0118. The van der Waals surface area contributed by atoms with E-state index in [0.29, 0.717) is 5.56 Å². The molecule has 1 aromatic rings. The van der Waals surface area contributed by atoms with Gasteiger partial charge in [0.25, 0.3) is 5.91 Å². The Balaban J connectivity index is 2.68. The highest BCUT2D eigenvalue weighted by Gasteiger charge is 2.15. The predicted octanol–water partition coefficient (Wildman–Crippen LogP) is 0.702. The number of benzene rings is 1. The van der Waals surface area contributed by atoms with E-state index in [0.717, 1.165) is 5.56 Å². The van der Waals surface area contributed by atoms with Crippen LogP contribution in [0, 0.1) is 0 Å². The Kier molecular flexibility index (Phi) is 5.58. The van der Waals surface area contributed by atoms with Gasteiger partial charge in [-0.25, -0.2) is 4.79 Å². The van der Waals surface area contributed by atoms with Crippen molar-refractivity contribution in [3.63, 3.8) is 0 Å². The highest BCUT2D eigenvalue weighted by Crippen LogP contribution is 2.09. The molecule has 0 fully saturated rings. The lowest BCUT2D eigenvalue weighted by atomic mass is 10.0. The number of carbonyl (C=O) groups excluding carboxylic acids is 2. The number of aliphatic carboxylic acids is 1. The maximum atomic E-state index is 11.7. The number of nitrogens with zero attached hydrogens (tertiary/aromatic N) is 1. The van der Waals surface area contributed by atoms with E-state index < -0.39 is 12.0 Å². The van der Waals surface area contributed by atoms with Crippen LogP contribution in [-0.4, -0.2) is 42.1 Å². The Hall–Kier alpha value is -2.50. The predicted molar refractivity (Wildman–Crippen MR) is 74.1 cm³/mol. The summed E-state index contributed by atoms with van der Waals surface area (Å²) in [6, 6.07) is 5.57. The van der Waals surface area contributed by atoms with E-state index in [4.69, 9.17) is 5.11 Å². The molecule has 0 saturated carbocycles. The first kappa shape index (κ1) is 15.6. The summed E-state index contributed by atoms with van der Waals surface area (Å²) in [5.41, 5.74) is 1.15. The van der Waals surface area contributed by atoms with Gasteiger partial charge in [-0.15, -0.1) is 0 Å². The van der Waals surface area contributed by atoms with Gasteiger partial charge in [-0.3, -0.25) is 14.6 Å². The van der Waals surface area contributed by atoms with Gasteiger partial charge in [0.05, 0.1) is 6.54 Å². The standard InChI is InChI=1S/C14H16N2O4/c1-9(17)8-16-13(18)11-5-3-10(4-6-11)7-12(15-2)14(19)20/h3-6,12H,2,7-8H2,1H3,(H,16,18)(H,19,20). The molecule has 1 rings (SSSR count). The zero-order chi connectivity index (χ0) is 15.1. The van der Waals surface area contributed by atoms with Crippen LogP contribution in [0.4, 0.5) is 0 Å². The van der Waals surface area contributed by atoms with Gasteiger partial charge in [0.1, 0.15) is 5.78 Å². The molecule has 0 aliphatic rings. The second-order valence-electron chi connectivity index (χ2n) is 4.32. The molecule has 0 radical (unpaired) electrons. The van der Waals surface area contributed by atoms with E-state index in [2.05, 4.69) is 17.0 Å². The van der Waals surface area contributed by atoms with Crippen LogP contribution in [0.2, 0.25) is 0 Å². The summed E-state index contributed by atoms with van der Waals surface area (Å²) in [6.07, 6.45) is 0.216. The van der Waals surface area contributed by atoms with Crippen molar-refractivity contribution in [1.29, 1.82) is 0 Å². The number of ketones is 1.